The van der Waals surface area contributed by atoms with E-state index in [1.54, 1.807) is 29.9 Å². The second kappa shape index (κ2) is 8.78. The molecular formula is C27H27N9O3. The Morgan fingerprint density at radius 2 is 1.95 bits per heavy atom. The van der Waals surface area contributed by atoms with Crippen molar-refractivity contribution >= 4 is 23.1 Å². The van der Waals surface area contributed by atoms with E-state index in [-0.39, 0.29) is 23.5 Å². The van der Waals surface area contributed by atoms with Gasteiger partial charge in [0.15, 0.2) is 0 Å². The van der Waals surface area contributed by atoms with Crippen LogP contribution >= 0.6 is 0 Å². The van der Waals surface area contributed by atoms with Gasteiger partial charge < -0.3 is 24.3 Å². The molecule has 2 atom stereocenters. The molecule has 12 nitrogen and oxygen atoms in total. The van der Waals surface area contributed by atoms with Gasteiger partial charge in [-0.1, -0.05) is 5.10 Å². The number of piperazine rings is 1. The molecular weight excluding hydrogens is 498 g/mol. The maximum absolute atomic E-state index is 12.1. The number of anilines is 2. The van der Waals surface area contributed by atoms with Crippen LogP contribution in [0.1, 0.15) is 32.3 Å². The summed E-state index contributed by atoms with van der Waals surface area (Å²) in [5.41, 5.74) is 4.06. The molecule has 3 aliphatic rings. The first-order chi connectivity index (χ1) is 18.9. The molecule has 0 saturated carbocycles. The van der Waals surface area contributed by atoms with Crippen molar-refractivity contribution in [1.82, 2.24) is 29.7 Å². The number of nitrogens with one attached hydrogen (secondary N) is 1. The van der Waals surface area contributed by atoms with Crippen LogP contribution in [-0.4, -0.2) is 79.5 Å². The topological polar surface area (TPSA) is 138 Å². The lowest BCUT2D eigenvalue weighted by Crippen LogP contribution is -2.55. The molecule has 0 radical (unpaired) electrons. The molecule has 4 aromatic heterocycles. The number of hydrogen-bond acceptors (Lipinski definition) is 10. The van der Waals surface area contributed by atoms with Gasteiger partial charge in [-0.3, -0.25) is 9.78 Å². The quantitative estimate of drug-likeness (QED) is 0.414. The molecule has 1 N–H and O–H groups in total. The molecule has 4 aromatic rings. The normalized spacial score (nSPS) is 21.6. The highest BCUT2D eigenvalue weighted by Gasteiger charge is 2.42. The molecule has 7 heterocycles. The van der Waals surface area contributed by atoms with Crippen LogP contribution in [0.3, 0.4) is 0 Å². The number of amides is 1. The molecule has 7 rings (SSSR count). The number of nitriles is 1. The van der Waals surface area contributed by atoms with Gasteiger partial charge in [-0.15, -0.1) is 5.10 Å². The van der Waals surface area contributed by atoms with Gasteiger partial charge in [-0.2, -0.15) is 10.4 Å². The van der Waals surface area contributed by atoms with Crippen LogP contribution < -0.4 is 10.2 Å². The summed E-state index contributed by atoms with van der Waals surface area (Å²) in [5, 5.41) is 26.0. The van der Waals surface area contributed by atoms with Gasteiger partial charge in [0.1, 0.15) is 6.07 Å². The molecule has 3 fully saturated rings. The Kier molecular flexibility index (Phi) is 5.31. The van der Waals surface area contributed by atoms with Crippen molar-refractivity contribution < 1.29 is 13.9 Å². The summed E-state index contributed by atoms with van der Waals surface area (Å²) >= 11 is 0. The fraction of sp³-hybridized carbons (Fsp3) is 0.407. The first-order valence-electron chi connectivity index (χ1n) is 13.0. The zero-order valence-electron chi connectivity index (χ0n) is 21.7. The van der Waals surface area contributed by atoms with Crippen molar-refractivity contribution in [3.05, 3.63) is 42.2 Å². The molecule has 0 spiro atoms. The van der Waals surface area contributed by atoms with E-state index in [0.29, 0.717) is 55.0 Å². The summed E-state index contributed by atoms with van der Waals surface area (Å²) in [4.78, 5) is 20.9. The van der Waals surface area contributed by atoms with Gasteiger partial charge >= 0.3 is 6.01 Å². The summed E-state index contributed by atoms with van der Waals surface area (Å²) in [6.45, 7) is 6.25. The maximum atomic E-state index is 12.1. The van der Waals surface area contributed by atoms with Crippen LogP contribution in [0.2, 0.25) is 0 Å². The lowest BCUT2D eigenvalue weighted by molar-refractivity contribution is -0.132. The molecule has 2 bridgehead atoms. The first-order valence-corrected chi connectivity index (χ1v) is 13.0. The predicted molar refractivity (Wildman–Crippen MR) is 141 cm³/mol. The van der Waals surface area contributed by atoms with Gasteiger partial charge in [-0.25, -0.2) is 4.52 Å². The largest absolute Gasteiger partial charge is 0.403 e. The number of nitrogens with zero attached hydrogens (tertiary/aromatic N) is 8. The zero-order chi connectivity index (χ0) is 26.7. The lowest BCUT2D eigenvalue weighted by Gasteiger charge is -2.40. The van der Waals surface area contributed by atoms with Crippen molar-refractivity contribution in [2.45, 2.75) is 44.3 Å². The fourth-order valence-corrected chi connectivity index (χ4v) is 5.95. The fourth-order valence-electron chi connectivity index (χ4n) is 5.95. The first kappa shape index (κ1) is 23.6. The van der Waals surface area contributed by atoms with E-state index in [2.05, 4.69) is 38.5 Å². The van der Waals surface area contributed by atoms with E-state index in [1.165, 1.54) is 0 Å². The van der Waals surface area contributed by atoms with E-state index < -0.39 is 0 Å². The number of ether oxygens (including phenoxy) is 1. The highest BCUT2D eigenvalue weighted by Crippen LogP contribution is 2.37. The molecule has 3 saturated heterocycles. The summed E-state index contributed by atoms with van der Waals surface area (Å²) in [6.07, 6.45) is 5.25. The molecule has 0 aliphatic carbocycles. The van der Waals surface area contributed by atoms with Crippen LogP contribution in [0.25, 0.3) is 28.4 Å². The van der Waals surface area contributed by atoms with E-state index in [9.17, 15) is 10.1 Å². The number of fused-ring (bicyclic) bond motifs is 3. The molecule has 2 unspecified atom stereocenters. The van der Waals surface area contributed by atoms with Gasteiger partial charge in [0.2, 0.25) is 5.91 Å². The van der Waals surface area contributed by atoms with Gasteiger partial charge in [-0.05, 0) is 44.0 Å². The Bertz CT molecular complexity index is 1620. The summed E-state index contributed by atoms with van der Waals surface area (Å²) < 4.78 is 13.4. The molecule has 12 heteroatoms. The van der Waals surface area contributed by atoms with Gasteiger partial charge in [0.05, 0.1) is 58.7 Å². The van der Waals surface area contributed by atoms with E-state index in [1.807, 2.05) is 23.1 Å². The SMILES string of the molecule is CC(=O)N1C2CCC1CN(c1nnc(-c3cnc(-c4ccc5cc(C#N)cnn45)cc3NC3(C)COC3)o1)C2. The van der Waals surface area contributed by atoms with Crippen LogP contribution in [0.4, 0.5) is 11.7 Å². The third-order valence-electron chi connectivity index (χ3n) is 7.83. The monoisotopic (exact) mass is 525 g/mol. The Balaban J connectivity index is 1.22. The predicted octanol–water partition coefficient (Wildman–Crippen LogP) is 2.72. The second-order valence-electron chi connectivity index (χ2n) is 10.8. The lowest BCUT2D eigenvalue weighted by atomic mass is 9.99. The van der Waals surface area contributed by atoms with E-state index in [4.69, 9.17) is 14.1 Å². The molecule has 0 aromatic carbocycles. The van der Waals surface area contributed by atoms with E-state index >= 15 is 0 Å². The minimum absolute atomic E-state index is 0.125. The molecule has 3 aliphatic heterocycles. The number of carbonyl (C=O) groups is 1. The minimum atomic E-state index is -0.236. The maximum Gasteiger partial charge on any atom is 0.318 e. The highest BCUT2D eigenvalue weighted by molar-refractivity contribution is 5.78. The van der Waals surface area contributed by atoms with Gasteiger partial charge in [0.25, 0.3) is 5.89 Å². The number of carbonyl (C=O) groups excluding carboxylic acids is 1. The third kappa shape index (κ3) is 3.97. The van der Waals surface area contributed by atoms with Crippen LogP contribution in [-0.2, 0) is 9.53 Å². The average Bonchev–Trinajstić information content (AvgIpc) is 3.63. The Labute approximate surface area is 224 Å². The van der Waals surface area contributed by atoms with Crippen molar-refractivity contribution in [3.63, 3.8) is 0 Å². The smallest absolute Gasteiger partial charge is 0.318 e. The van der Waals surface area contributed by atoms with Crippen molar-refractivity contribution in [1.29, 1.82) is 5.26 Å². The summed E-state index contributed by atoms with van der Waals surface area (Å²) in [6, 6.07) is 10.5. The van der Waals surface area contributed by atoms with Crippen molar-refractivity contribution in [3.8, 4) is 28.9 Å². The highest BCUT2D eigenvalue weighted by atomic mass is 16.5. The molecule has 1 amide bonds. The molecule has 198 valence electrons. The molecule has 39 heavy (non-hydrogen) atoms. The summed E-state index contributed by atoms with van der Waals surface area (Å²) in [7, 11) is 0. The Morgan fingerprint density at radius 3 is 2.64 bits per heavy atom. The van der Waals surface area contributed by atoms with Crippen LogP contribution in [0.15, 0.2) is 41.1 Å². The van der Waals surface area contributed by atoms with Crippen molar-refractivity contribution in [2.24, 2.45) is 0 Å². The number of rotatable bonds is 5. The number of hydrogen-bond donors (Lipinski definition) is 1. The second-order valence-corrected chi connectivity index (χ2v) is 10.8. The third-order valence-corrected chi connectivity index (χ3v) is 7.83. The van der Waals surface area contributed by atoms with E-state index in [0.717, 1.165) is 29.7 Å². The van der Waals surface area contributed by atoms with Crippen molar-refractivity contribution in [2.75, 3.05) is 36.5 Å². The average molecular weight is 526 g/mol. The zero-order valence-corrected chi connectivity index (χ0v) is 21.7. The van der Waals surface area contributed by atoms with Crippen LogP contribution in [0, 0.1) is 11.3 Å². The Morgan fingerprint density at radius 1 is 1.15 bits per heavy atom. The standard InChI is InChI=1S/C27H27N9O3/c1-16(37)35-19-3-4-20(35)13-34(12-19)26-33-32-25(39-26)21-11-29-23(8-22(21)31-27(2)14-38-15-27)24-6-5-18-7-17(9-28)10-30-36(18)24/h5-8,10-11,19-20H,3-4,12-15H2,1-2H3,(H,29,31). The minimum Gasteiger partial charge on any atom is -0.403 e. The summed E-state index contributed by atoms with van der Waals surface area (Å²) in [5.74, 6) is 0.494. The van der Waals surface area contributed by atoms with Gasteiger partial charge in [0, 0.05) is 38.3 Å². The number of aromatic nitrogens is 5. The Hall–Kier alpha value is -4.50. The van der Waals surface area contributed by atoms with Crippen LogP contribution in [0.5, 0.6) is 0 Å². The number of pyridine rings is 1.